The fourth-order valence-electron chi connectivity index (χ4n) is 17.5. The van der Waals surface area contributed by atoms with E-state index in [9.17, 15) is 47.4 Å². The van der Waals surface area contributed by atoms with Crippen LogP contribution in [-0.4, -0.2) is 172 Å². The van der Waals surface area contributed by atoms with Crippen molar-refractivity contribution in [3.63, 3.8) is 0 Å². The van der Waals surface area contributed by atoms with Gasteiger partial charge in [0.2, 0.25) is 35.4 Å². The molecule has 9 atom stereocenters. The minimum absolute atomic E-state index is 0. The first-order valence-corrected chi connectivity index (χ1v) is 49.4. The molecule has 2 heterocycles. The Kier molecular flexibility index (Phi) is 47.4. The maximum atomic E-state index is 15.5. The van der Waals surface area contributed by atoms with Gasteiger partial charge in [-0.3, -0.25) is 52.5 Å². The van der Waals surface area contributed by atoms with Gasteiger partial charge in [-0.25, -0.2) is 19.4 Å². The number of rotatable bonds is 46. The summed E-state index contributed by atoms with van der Waals surface area (Å²) in [5.41, 5.74) is 2.29. The summed E-state index contributed by atoms with van der Waals surface area (Å²) in [4.78, 5) is 190. The zero-order valence-corrected chi connectivity index (χ0v) is 87.4. The number of amides is 6. The van der Waals surface area contributed by atoms with Gasteiger partial charge in [0.15, 0.2) is 23.1 Å². The first-order chi connectivity index (χ1) is 67.4. The molecule has 0 bridgehead atoms. The number of fused-ring (bicyclic) bond motifs is 1. The summed E-state index contributed by atoms with van der Waals surface area (Å²) in [5, 5.41) is 45.6. The number of aromatic nitrogens is 3. The number of Topliss-reactive ketones (excluding diaryl/α,β-unsaturated/α-hetero) is 4. The van der Waals surface area contributed by atoms with Crippen LogP contribution in [0.25, 0.3) is 10.9 Å². The Labute approximate surface area is 865 Å². The van der Waals surface area contributed by atoms with Crippen LogP contribution in [0.3, 0.4) is 0 Å². The molecule has 1 fully saturated rings. The van der Waals surface area contributed by atoms with E-state index in [2.05, 4.69) is 31.9 Å². The van der Waals surface area contributed by atoms with Crippen molar-refractivity contribution in [2.75, 3.05) is 12.0 Å². The van der Waals surface area contributed by atoms with Crippen molar-refractivity contribution in [1.29, 1.82) is 0 Å². The molecule has 777 valence electrons. The van der Waals surface area contributed by atoms with Crippen LogP contribution in [-0.2, 0) is 117 Å². The molecule has 1 aliphatic rings. The summed E-state index contributed by atoms with van der Waals surface area (Å²) < 4.78 is 47.2. The second-order valence-electron chi connectivity index (χ2n) is 38.2. The molecule has 6 amide bonds. The molecule has 1 saturated carbocycles. The fraction of sp³-hybridized carbons (Fsp3) is 0.398. The average Bonchev–Trinajstić information content (AvgIpc) is 1.72. The summed E-state index contributed by atoms with van der Waals surface area (Å²) in [5.74, 6) is -14.3. The Morgan fingerprint density at radius 2 is 0.917 bits per heavy atom. The van der Waals surface area contributed by atoms with E-state index in [1.807, 2.05) is 200 Å². The monoisotopic (exact) mass is 2100 g/mol. The minimum atomic E-state index is -5.08. The van der Waals surface area contributed by atoms with Crippen LogP contribution >= 0.6 is 11.8 Å². The van der Waals surface area contributed by atoms with E-state index in [0.29, 0.717) is 50.2 Å². The maximum absolute atomic E-state index is 15.5. The number of carboxylic acid groups (broad SMARTS) is 2. The van der Waals surface area contributed by atoms with Gasteiger partial charge in [-0.1, -0.05) is 272 Å². The Morgan fingerprint density at radius 1 is 0.476 bits per heavy atom. The van der Waals surface area contributed by atoms with Crippen LogP contribution in [0.5, 0.6) is 5.75 Å². The number of para-hydroxylation sites is 1. The van der Waals surface area contributed by atoms with Crippen molar-refractivity contribution in [1.82, 2.24) is 46.0 Å². The molecule has 0 spiro atoms. The number of hydrogen-bond acceptors (Lipinski definition) is 18. The number of benzene rings is 8. The van der Waals surface area contributed by atoms with E-state index in [1.165, 1.54) is 73.7 Å². The molecular weight excluding hydrogens is 1960 g/mol. The SMILES string of the molecule is C1CCCC1.CCC(=O)N[C@@H](CC(=O)NC(c1ccccc1)(c1ccccc1)c1ccccc1)C(=O)C[C@@H](CC(C)C)C(=O)N[C@@H](Cc1cn(C(=O)OC(C)(C)C)c2ccccc12)C(=O)C[C@@H](C)C(=O)N[C@H](C(=O)CCC(=O)N[C@@H](Cc1cn(C(c2ccccc2)(c2ccccc2)c2ccccc2)cn1)C(=O)C[C@@H](Cc1ccc(O)cc1)C(=O)N[C@@H](CCSC)C(=O)O)[C@@H](C)OC(C)(C)C.O=C(O)C(F)(F)F.[CH3-].[CH3-].[Ru+3]. The summed E-state index contributed by atoms with van der Waals surface area (Å²) in [7, 11) is 0. The largest absolute Gasteiger partial charge is 3.00 e. The predicted octanol–water partition coefficient (Wildman–Crippen LogP) is 18.2. The first kappa shape index (κ1) is 121. The van der Waals surface area contributed by atoms with E-state index in [4.69, 9.17) is 24.4 Å². The number of halogens is 3. The number of ether oxygens (including phenoxy) is 2. The number of aromatic hydroxyl groups is 1. The number of imidazole rings is 1. The Hall–Kier alpha value is -13.1. The molecule has 2 aromatic heterocycles. The molecule has 27 nitrogen and oxygen atoms in total. The van der Waals surface area contributed by atoms with E-state index < -0.39 is 198 Å². The molecule has 145 heavy (non-hydrogen) atoms. The predicted molar refractivity (Wildman–Crippen MR) is 551 cm³/mol. The number of ketones is 4. The third-order valence-electron chi connectivity index (χ3n) is 24.4. The zero-order valence-electron chi connectivity index (χ0n) is 84.9. The summed E-state index contributed by atoms with van der Waals surface area (Å²) in [6.45, 7) is 18.8. The van der Waals surface area contributed by atoms with Crippen LogP contribution in [0.1, 0.15) is 216 Å². The molecule has 1 aliphatic carbocycles. The van der Waals surface area contributed by atoms with Crippen molar-refractivity contribution < 1.29 is 120 Å². The summed E-state index contributed by atoms with van der Waals surface area (Å²) in [6, 6.07) is 63.3. The number of hydrogen-bond donors (Lipinski definition) is 9. The zero-order chi connectivity index (χ0) is 104. The number of aliphatic carboxylic acids is 2. The normalized spacial score (nSPS) is 13.8. The van der Waals surface area contributed by atoms with Gasteiger partial charge in [-0.2, -0.15) is 24.9 Å². The van der Waals surface area contributed by atoms with E-state index in [0.717, 1.165) is 16.7 Å². The third kappa shape index (κ3) is 35.4. The second kappa shape index (κ2) is 57.0. The Morgan fingerprint density at radius 3 is 1.38 bits per heavy atom. The van der Waals surface area contributed by atoms with Gasteiger partial charge >= 0.3 is 43.7 Å². The van der Waals surface area contributed by atoms with Gasteiger partial charge in [0.1, 0.15) is 34.5 Å². The standard InChI is InChI=1S/C104H121N9O16S.C5H10.C2HF3O2.2CH3.Ru/c1-13-92(119)106-86(63-94(121)111-103(74-34-20-14-21-35-74,75-36-22-15-23-37-75)76-38-24-16-25-39-76)91(118)60-71(56-67(2)3)97(123)109-84(59-73-64-113(100(127)129-102(9,10)11)87-47-33-32-46-82(73)87)89(116)57-68(4)96(122)110-95(69(5)128-101(6,7)8)88(115)52-53-93(120)107-85(90(117)61-72(58-70-48-50-81(114)51-49-70)98(124)108-83(99(125)126)54-55-130-12)62-80-65-112(66-105-80)104(77-40-26-17-27-41-77,78-42-28-18-29-43-78)79-44-30-19-31-45-79;1-2-4-5-3-1;3-2(4,5)1(6)7;;;/h14-51,64-69,71-72,83-86,95,114H,13,52-63H2,1-12H3,(H,106,119)(H,107,120)(H,108,124)(H,109,123)(H,110,122)(H,111,121)(H,125,126);1-5H2;(H,6,7);2*1H3;/q;;;2*-1;+3/t68-,69-,71-,72-,83+,84+,85+,86+,95+;;;;;/m1...../s1. The topological polar surface area (TPSA) is 396 Å². The molecular formula is C113H138F3N9O18RuS+. The number of nitrogens with one attached hydrogen (secondary N) is 6. The Balaban J connectivity index is 0.00000200. The van der Waals surface area contributed by atoms with Gasteiger partial charge in [-0.15, -0.1) is 0 Å². The molecule has 10 aromatic rings. The summed E-state index contributed by atoms with van der Waals surface area (Å²) >= 11 is 1.39. The quantitative estimate of drug-likeness (QED) is 0.00972. The van der Waals surface area contributed by atoms with E-state index in [1.54, 1.807) is 111 Å². The molecule has 0 saturated heterocycles. The number of carbonyl (C=O) groups excluding carboxylic acids is 11. The number of thioether (sulfide) groups is 1. The maximum Gasteiger partial charge on any atom is 3.00 e. The number of carbonyl (C=O) groups is 13. The van der Waals surface area contributed by atoms with Crippen LogP contribution < -0.4 is 31.9 Å². The van der Waals surface area contributed by atoms with Crippen molar-refractivity contribution in [3.8, 4) is 5.75 Å². The molecule has 9 N–H and O–H groups in total. The van der Waals surface area contributed by atoms with Crippen LogP contribution in [0.4, 0.5) is 18.0 Å². The molecule has 0 unspecified atom stereocenters. The second-order valence-corrected chi connectivity index (χ2v) is 39.2. The molecule has 1 radical (unpaired) electrons. The van der Waals surface area contributed by atoms with Crippen LogP contribution in [0.2, 0.25) is 0 Å². The van der Waals surface area contributed by atoms with Crippen molar-refractivity contribution >= 4 is 99.3 Å². The van der Waals surface area contributed by atoms with E-state index >= 15 is 33.6 Å². The number of phenols is 1. The van der Waals surface area contributed by atoms with Crippen molar-refractivity contribution in [2.45, 2.75) is 250 Å². The van der Waals surface area contributed by atoms with Gasteiger partial charge in [0.25, 0.3) is 0 Å². The summed E-state index contributed by atoms with van der Waals surface area (Å²) in [6.07, 6.45) is 3.72. The Bertz CT molecular complexity index is 5680. The van der Waals surface area contributed by atoms with Crippen molar-refractivity contribution in [3.05, 3.63) is 314 Å². The van der Waals surface area contributed by atoms with E-state index in [-0.39, 0.29) is 84.5 Å². The van der Waals surface area contributed by atoms with Gasteiger partial charge in [0, 0.05) is 86.9 Å². The molecule has 8 aromatic carbocycles. The third-order valence-corrected chi connectivity index (χ3v) is 25.0. The fourth-order valence-corrected chi connectivity index (χ4v) is 18.0. The first-order valence-electron chi connectivity index (χ1n) is 48.0. The smallest absolute Gasteiger partial charge is 0.508 e. The van der Waals surface area contributed by atoms with Crippen LogP contribution in [0, 0.1) is 38.5 Å². The number of phenolic OH excluding ortho intramolecular Hbond substituents is 1. The molecule has 32 heteroatoms. The molecule has 11 rings (SSSR count). The van der Waals surface area contributed by atoms with Crippen molar-refractivity contribution in [2.24, 2.45) is 23.7 Å². The van der Waals surface area contributed by atoms with Gasteiger partial charge in [0.05, 0.1) is 53.8 Å². The number of alkyl halides is 3. The number of nitrogens with zero attached hydrogens (tertiary/aromatic N) is 3. The number of carboxylic acids is 2. The van der Waals surface area contributed by atoms with Gasteiger partial charge in [-0.05, 0) is 148 Å². The average molecular weight is 2100 g/mol. The van der Waals surface area contributed by atoms with Gasteiger partial charge < -0.3 is 76.1 Å². The van der Waals surface area contributed by atoms with Crippen LogP contribution in [0.15, 0.2) is 249 Å². The molecule has 0 aliphatic heterocycles. The minimum Gasteiger partial charge on any atom is -0.508 e.